The van der Waals surface area contributed by atoms with Crippen molar-refractivity contribution in [3.63, 3.8) is 0 Å². The first-order valence-corrected chi connectivity index (χ1v) is 29.5. The van der Waals surface area contributed by atoms with Crippen molar-refractivity contribution in [2.45, 2.75) is 179 Å². The SMILES string of the molecule is CC(C)(C)OC(=O)NCCNCC(=O)O.CCC(=O)Cc1c(F)c(F)c(F)c(F)c1F.CCC(=O)N(CCNC(=O)OC(C)(C)C)CC(=O)O.CCC(=O)O.CCOC(=O)CN(CCNC(=O)OC(C)(C)C)C(=O)CC.CCOC(=O)CNCCNC(=O)OC(C)(C)C. The van der Waals surface area contributed by atoms with Crippen molar-refractivity contribution in [2.75, 3.05) is 91.8 Å². The second-order valence-corrected chi connectivity index (χ2v) is 22.7. The highest BCUT2D eigenvalue weighted by molar-refractivity contribution is 5.83. The van der Waals surface area contributed by atoms with Crippen LogP contribution in [0.1, 0.15) is 156 Å². The Hall–Kier alpha value is -8.17. The number of Topliss-reactive ketones (excluding diaryl/α,β-unsaturated/α-hetero) is 1. The quantitative estimate of drug-likeness (QED) is 0.0110. The third-order valence-electron chi connectivity index (χ3n) is 9.52. The van der Waals surface area contributed by atoms with Gasteiger partial charge in [0.05, 0.1) is 26.3 Å². The maximum absolute atomic E-state index is 13.0. The first-order chi connectivity index (χ1) is 42.7. The molecule has 0 bridgehead atoms. The molecule has 0 saturated heterocycles. The molecule has 0 aliphatic rings. The van der Waals surface area contributed by atoms with Crippen molar-refractivity contribution in [2.24, 2.45) is 0 Å². The second kappa shape index (κ2) is 50.4. The smallest absolute Gasteiger partial charge is 0.407 e. The Morgan fingerprint density at radius 1 is 0.387 bits per heavy atom. The molecule has 6 amide bonds. The van der Waals surface area contributed by atoms with Crippen LogP contribution in [0.25, 0.3) is 0 Å². The van der Waals surface area contributed by atoms with Crippen molar-refractivity contribution in [3.05, 3.63) is 34.6 Å². The van der Waals surface area contributed by atoms with Gasteiger partial charge >= 0.3 is 54.2 Å². The van der Waals surface area contributed by atoms with Crippen LogP contribution < -0.4 is 31.9 Å². The van der Waals surface area contributed by atoms with Crippen molar-refractivity contribution in [1.29, 1.82) is 0 Å². The summed E-state index contributed by atoms with van der Waals surface area (Å²) in [6.45, 7) is 33.6. The summed E-state index contributed by atoms with van der Waals surface area (Å²) in [6, 6.07) is 0. The lowest BCUT2D eigenvalue weighted by Crippen LogP contribution is -2.42. The molecule has 0 radical (unpaired) electrons. The van der Waals surface area contributed by atoms with E-state index in [0.29, 0.717) is 32.8 Å². The molecule has 538 valence electrons. The fraction of sp³-hybridized carbons (Fsp3) is 0.695. The topological polar surface area (TPSA) is 400 Å². The number of carbonyl (C=O) groups is 12. The molecule has 0 saturated carbocycles. The zero-order valence-electron chi connectivity index (χ0n) is 56.9. The fourth-order valence-corrected chi connectivity index (χ4v) is 5.63. The molecule has 0 unspecified atom stereocenters. The van der Waals surface area contributed by atoms with Gasteiger partial charge in [-0.05, 0) is 96.9 Å². The number of benzene rings is 1. The maximum atomic E-state index is 13.0. The number of hydrogen-bond donors (Lipinski definition) is 9. The van der Waals surface area contributed by atoms with Crippen LogP contribution in [0, 0.1) is 29.1 Å². The first kappa shape index (κ1) is 93.5. The molecule has 0 fully saturated rings. The number of carboxylic acid groups (broad SMARTS) is 3. The van der Waals surface area contributed by atoms with Gasteiger partial charge in [0.1, 0.15) is 41.3 Å². The molecular formula is C59H101F5N8O21. The van der Waals surface area contributed by atoms with Crippen LogP contribution in [0.2, 0.25) is 0 Å². The molecule has 29 nitrogen and oxygen atoms in total. The summed E-state index contributed by atoms with van der Waals surface area (Å²) >= 11 is 0. The number of amides is 6. The van der Waals surface area contributed by atoms with Gasteiger partial charge < -0.3 is 85.4 Å². The summed E-state index contributed by atoms with van der Waals surface area (Å²) in [4.78, 5) is 134. The molecule has 0 aromatic heterocycles. The summed E-state index contributed by atoms with van der Waals surface area (Å²) < 4.78 is 93.7. The molecule has 93 heavy (non-hydrogen) atoms. The van der Waals surface area contributed by atoms with Crippen molar-refractivity contribution < 1.29 is 123 Å². The van der Waals surface area contributed by atoms with Crippen LogP contribution in [0.4, 0.5) is 41.1 Å². The molecule has 9 N–H and O–H groups in total. The number of nitrogens with zero attached hydrogens (tertiary/aromatic N) is 2. The summed E-state index contributed by atoms with van der Waals surface area (Å²) in [5, 5.41) is 40.3. The van der Waals surface area contributed by atoms with Crippen LogP contribution in [-0.4, -0.2) is 211 Å². The third-order valence-corrected chi connectivity index (χ3v) is 9.52. The van der Waals surface area contributed by atoms with Crippen LogP contribution >= 0.6 is 0 Å². The number of nitrogens with one attached hydrogen (secondary N) is 6. The standard InChI is InChI=1S/C14H26N2O5.C12H22N2O5.C11H22N2O4.C10H7F5O.C9H18N2O4.C3H6O2/c1-6-11(17)16(10-12(18)20-7-2)9-8-15-13(19)21-14(3,4)5;1-5-9(15)14(8-10(16)17)7-6-13-11(18)19-12(2,3)4;1-5-16-9(14)8-12-6-7-13-10(15)17-11(2,3)4;1-2-4(16)3-5-6(11)8(13)10(15)9(14)7(5)12;1-9(2,3)15-8(14)11-5-4-10-6-7(12)13;1-2-3(4)5/h6-10H2,1-5H3,(H,15,19);5-8H2,1-4H3,(H,13,18)(H,16,17);12H,5-8H2,1-4H3,(H,13,15);2-3H2,1H3;10H,4-6H2,1-3H3,(H,11,14)(H,12,13);2H2,1H3,(H,4,5). The predicted octanol–water partition coefficient (Wildman–Crippen LogP) is 6.38. The van der Waals surface area contributed by atoms with Gasteiger partial charge in [0, 0.05) is 90.0 Å². The lowest BCUT2D eigenvalue weighted by Gasteiger charge is -2.23. The molecule has 0 atom stereocenters. The Morgan fingerprint density at radius 2 is 0.699 bits per heavy atom. The van der Waals surface area contributed by atoms with Crippen LogP contribution in [0.3, 0.4) is 0 Å². The Balaban J connectivity index is -0.000000342. The van der Waals surface area contributed by atoms with Gasteiger partial charge in [-0.25, -0.2) is 41.1 Å². The highest BCUT2D eigenvalue weighted by atomic mass is 19.2. The molecule has 1 aromatic carbocycles. The number of carboxylic acids is 3. The van der Waals surface area contributed by atoms with Gasteiger partial charge in [-0.2, -0.15) is 0 Å². The van der Waals surface area contributed by atoms with Gasteiger partial charge in [-0.15, -0.1) is 0 Å². The number of alkyl carbamates (subject to hydrolysis) is 4. The van der Waals surface area contributed by atoms with E-state index in [1.807, 2.05) is 0 Å². The predicted molar refractivity (Wildman–Crippen MR) is 328 cm³/mol. The first-order valence-electron chi connectivity index (χ1n) is 29.5. The van der Waals surface area contributed by atoms with E-state index in [1.165, 1.54) is 16.7 Å². The Morgan fingerprint density at radius 3 is 0.989 bits per heavy atom. The molecule has 34 heteroatoms. The zero-order valence-corrected chi connectivity index (χ0v) is 56.9. The minimum absolute atomic E-state index is 0.0422. The number of rotatable bonds is 28. The summed E-state index contributed by atoms with van der Waals surface area (Å²) in [6.07, 6.45) is -2.22. The largest absolute Gasteiger partial charge is 0.481 e. The van der Waals surface area contributed by atoms with E-state index in [4.69, 9.17) is 43.7 Å². The maximum Gasteiger partial charge on any atom is 0.407 e. The monoisotopic (exact) mass is 1350 g/mol. The van der Waals surface area contributed by atoms with E-state index in [-0.39, 0.29) is 102 Å². The van der Waals surface area contributed by atoms with Crippen molar-refractivity contribution in [1.82, 2.24) is 41.7 Å². The number of esters is 2. The van der Waals surface area contributed by atoms with Gasteiger partial charge in [-0.1, -0.05) is 27.7 Å². The Kier molecular flexibility index (Phi) is 50.7. The summed E-state index contributed by atoms with van der Waals surface area (Å²) in [5.74, 6) is -14.7. The number of halogens is 5. The third kappa shape index (κ3) is 58.7. The second-order valence-electron chi connectivity index (χ2n) is 22.7. The van der Waals surface area contributed by atoms with Crippen LogP contribution in [0.5, 0.6) is 0 Å². The van der Waals surface area contributed by atoms with E-state index < -0.39 is 118 Å². The molecule has 0 aliphatic carbocycles. The van der Waals surface area contributed by atoms with Gasteiger partial charge in [0.15, 0.2) is 23.3 Å². The van der Waals surface area contributed by atoms with Gasteiger partial charge in [0.2, 0.25) is 17.6 Å². The molecule has 0 heterocycles. The highest BCUT2D eigenvalue weighted by Crippen LogP contribution is 2.24. The van der Waals surface area contributed by atoms with E-state index in [9.17, 15) is 79.5 Å². The number of hydrogen-bond acceptors (Lipinski definition) is 20. The molecule has 0 spiro atoms. The lowest BCUT2D eigenvalue weighted by molar-refractivity contribution is -0.148. The van der Waals surface area contributed by atoms with E-state index in [2.05, 4.69) is 31.9 Å². The van der Waals surface area contributed by atoms with E-state index >= 15 is 0 Å². The lowest BCUT2D eigenvalue weighted by atomic mass is 10.1. The minimum atomic E-state index is -2.22. The minimum Gasteiger partial charge on any atom is -0.481 e. The summed E-state index contributed by atoms with van der Waals surface area (Å²) in [7, 11) is 0. The highest BCUT2D eigenvalue weighted by Gasteiger charge is 2.27. The molecule has 0 aliphatic heterocycles. The van der Waals surface area contributed by atoms with Crippen LogP contribution in [0.15, 0.2) is 0 Å². The zero-order chi connectivity index (χ0) is 73.5. The fourth-order valence-electron chi connectivity index (χ4n) is 5.63. The Bertz CT molecular complexity index is 2460. The van der Waals surface area contributed by atoms with Crippen LogP contribution in [-0.2, 0) is 73.2 Å². The van der Waals surface area contributed by atoms with E-state index in [1.54, 1.807) is 118 Å². The Labute approximate surface area is 540 Å². The number of aliphatic carboxylic acids is 3. The molecule has 1 rings (SSSR count). The van der Waals surface area contributed by atoms with Crippen molar-refractivity contribution in [3.8, 4) is 0 Å². The average Bonchev–Trinajstić information content (AvgIpc) is 0.806. The normalized spacial score (nSPS) is 10.6. The van der Waals surface area contributed by atoms with Gasteiger partial charge in [0.25, 0.3) is 0 Å². The molecular weight excluding hydrogens is 1250 g/mol. The number of ether oxygens (including phenoxy) is 6. The average molecular weight is 1350 g/mol. The number of carbonyl (C=O) groups excluding carboxylic acids is 9. The number of ketones is 1. The van der Waals surface area contributed by atoms with Crippen molar-refractivity contribution >= 4 is 71.8 Å². The summed E-state index contributed by atoms with van der Waals surface area (Å²) in [5.41, 5.74) is -3.26. The molecule has 1 aromatic rings. The van der Waals surface area contributed by atoms with E-state index in [0.717, 1.165) is 0 Å². The van der Waals surface area contributed by atoms with Gasteiger partial charge in [-0.3, -0.25) is 38.4 Å².